The molecule has 86 valence electrons. The molecule has 0 aliphatic heterocycles. The summed E-state index contributed by atoms with van der Waals surface area (Å²) in [5.41, 5.74) is 6.64. The van der Waals surface area contributed by atoms with Gasteiger partial charge in [-0.15, -0.1) is 0 Å². The molecule has 0 radical (unpaired) electrons. The van der Waals surface area contributed by atoms with Crippen molar-refractivity contribution in [3.63, 3.8) is 0 Å². The van der Waals surface area contributed by atoms with Crippen LogP contribution < -0.4 is 10.5 Å². The molecule has 0 saturated heterocycles. The molecule has 2 rings (SSSR count). The molecule has 1 aliphatic rings. The minimum absolute atomic E-state index is 0.0934. The van der Waals surface area contributed by atoms with Crippen LogP contribution in [0.4, 0.5) is 5.69 Å². The molecule has 0 heterocycles. The number of ether oxygens (including phenoxy) is 2. The maximum absolute atomic E-state index is 11.7. The Morgan fingerprint density at radius 1 is 1.44 bits per heavy atom. The summed E-state index contributed by atoms with van der Waals surface area (Å²) >= 11 is 0. The zero-order chi connectivity index (χ0) is 11.5. The van der Waals surface area contributed by atoms with Gasteiger partial charge in [0, 0.05) is 0 Å². The first kappa shape index (κ1) is 10.8. The molecule has 2 N–H and O–H groups in total. The molecule has 1 aromatic rings. The fourth-order valence-electron chi connectivity index (χ4n) is 1.57. The molecule has 0 unspecified atom stereocenters. The Labute approximate surface area is 94.3 Å². The number of rotatable bonds is 3. The minimum atomic E-state index is -0.306. The lowest BCUT2D eigenvalue weighted by Crippen LogP contribution is -2.25. The van der Waals surface area contributed by atoms with Gasteiger partial charge in [0.1, 0.15) is 11.9 Å². The van der Waals surface area contributed by atoms with Crippen molar-refractivity contribution in [2.45, 2.75) is 25.4 Å². The quantitative estimate of drug-likeness (QED) is 0.626. The number of nitrogen functional groups attached to an aromatic ring is 1. The average Bonchev–Trinajstić information content (AvgIpc) is 2.23. The van der Waals surface area contributed by atoms with Crippen LogP contribution in [0.15, 0.2) is 18.2 Å². The zero-order valence-electron chi connectivity index (χ0n) is 9.23. The van der Waals surface area contributed by atoms with E-state index in [1.807, 2.05) is 0 Å². The summed E-state index contributed by atoms with van der Waals surface area (Å²) in [6.45, 7) is 0. The summed E-state index contributed by atoms with van der Waals surface area (Å²) < 4.78 is 10.3. The molecular formula is C12H15NO3. The van der Waals surface area contributed by atoms with E-state index in [1.165, 1.54) is 7.11 Å². The molecule has 1 fully saturated rings. The van der Waals surface area contributed by atoms with Gasteiger partial charge in [0.25, 0.3) is 0 Å². The number of carbonyl (C=O) groups excluding carboxylic acids is 1. The first-order valence-electron chi connectivity index (χ1n) is 5.35. The Morgan fingerprint density at radius 2 is 2.19 bits per heavy atom. The fraction of sp³-hybridized carbons (Fsp3) is 0.417. The first-order valence-corrected chi connectivity index (χ1v) is 5.35. The zero-order valence-corrected chi connectivity index (χ0v) is 9.23. The van der Waals surface area contributed by atoms with Gasteiger partial charge in [0.2, 0.25) is 0 Å². The third-order valence-electron chi connectivity index (χ3n) is 2.79. The van der Waals surface area contributed by atoms with Crippen LogP contribution >= 0.6 is 0 Å². The molecular weight excluding hydrogens is 206 g/mol. The molecule has 16 heavy (non-hydrogen) atoms. The van der Waals surface area contributed by atoms with Crippen LogP contribution in [-0.2, 0) is 4.74 Å². The van der Waals surface area contributed by atoms with E-state index in [1.54, 1.807) is 18.2 Å². The second-order valence-electron chi connectivity index (χ2n) is 3.91. The van der Waals surface area contributed by atoms with E-state index in [-0.39, 0.29) is 12.1 Å². The van der Waals surface area contributed by atoms with Gasteiger partial charge in [-0.1, -0.05) is 0 Å². The first-order chi connectivity index (χ1) is 7.70. The number of methoxy groups -OCH3 is 1. The highest BCUT2D eigenvalue weighted by atomic mass is 16.5. The maximum Gasteiger partial charge on any atom is 0.338 e. The number of hydrogen-bond donors (Lipinski definition) is 1. The molecule has 0 amide bonds. The van der Waals surface area contributed by atoms with Crippen molar-refractivity contribution in [3.8, 4) is 5.75 Å². The van der Waals surface area contributed by atoms with Crippen LogP contribution in [0, 0.1) is 0 Å². The highest BCUT2D eigenvalue weighted by Gasteiger charge is 2.22. The molecule has 0 aromatic heterocycles. The van der Waals surface area contributed by atoms with Gasteiger partial charge in [-0.2, -0.15) is 0 Å². The van der Waals surface area contributed by atoms with E-state index in [0.717, 1.165) is 19.3 Å². The van der Waals surface area contributed by atoms with Crippen molar-refractivity contribution >= 4 is 11.7 Å². The maximum atomic E-state index is 11.7. The van der Waals surface area contributed by atoms with Crippen molar-refractivity contribution in [2.24, 2.45) is 0 Å². The molecule has 0 bridgehead atoms. The number of nitrogens with two attached hydrogens (primary N) is 1. The Morgan fingerprint density at radius 3 is 2.69 bits per heavy atom. The standard InChI is InChI=1S/C12H15NO3/c1-15-11-6-5-8(7-10(11)13)12(14)16-9-3-2-4-9/h5-7,9H,2-4,13H2,1H3. The minimum Gasteiger partial charge on any atom is -0.495 e. The van der Waals surface area contributed by atoms with Crippen molar-refractivity contribution in [1.82, 2.24) is 0 Å². The van der Waals surface area contributed by atoms with E-state index in [0.29, 0.717) is 17.0 Å². The highest BCUT2D eigenvalue weighted by molar-refractivity contribution is 5.91. The van der Waals surface area contributed by atoms with E-state index in [9.17, 15) is 4.79 Å². The van der Waals surface area contributed by atoms with Crippen LogP contribution in [0.25, 0.3) is 0 Å². The van der Waals surface area contributed by atoms with Crippen molar-refractivity contribution in [3.05, 3.63) is 23.8 Å². The van der Waals surface area contributed by atoms with Crippen LogP contribution in [0.3, 0.4) is 0 Å². The van der Waals surface area contributed by atoms with E-state index >= 15 is 0 Å². The number of benzene rings is 1. The second kappa shape index (κ2) is 4.43. The fourth-order valence-corrected chi connectivity index (χ4v) is 1.57. The second-order valence-corrected chi connectivity index (χ2v) is 3.91. The van der Waals surface area contributed by atoms with Gasteiger partial charge in [-0.25, -0.2) is 4.79 Å². The summed E-state index contributed by atoms with van der Waals surface area (Å²) in [6.07, 6.45) is 3.17. The van der Waals surface area contributed by atoms with Crippen molar-refractivity contribution in [2.75, 3.05) is 12.8 Å². The summed E-state index contributed by atoms with van der Waals surface area (Å²) in [4.78, 5) is 11.7. The summed E-state index contributed by atoms with van der Waals surface area (Å²) in [7, 11) is 1.54. The normalized spacial score (nSPS) is 15.3. The third kappa shape index (κ3) is 2.10. The molecule has 0 spiro atoms. The molecule has 0 atom stereocenters. The van der Waals surface area contributed by atoms with Gasteiger partial charge in [-0.3, -0.25) is 0 Å². The van der Waals surface area contributed by atoms with Crippen molar-refractivity contribution < 1.29 is 14.3 Å². The summed E-state index contributed by atoms with van der Waals surface area (Å²) in [5, 5.41) is 0. The Balaban J connectivity index is 2.07. The number of carbonyl (C=O) groups is 1. The van der Waals surface area contributed by atoms with E-state index in [2.05, 4.69) is 0 Å². The van der Waals surface area contributed by atoms with Gasteiger partial charge < -0.3 is 15.2 Å². The smallest absolute Gasteiger partial charge is 0.338 e. The lowest BCUT2D eigenvalue weighted by atomic mass is 9.96. The molecule has 1 aliphatic carbocycles. The van der Waals surface area contributed by atoms with Gasteiger partial charge in [0.05, 0.1) is 18.4 Å². The van der Waals surface area contributed by atoms with E-state index in [4.69, 9.17) is 15.2 Å². The lowest BCUT2D eigenvalue weighted by Gasteiger charge is -2.25. The largest absolute Gasteiger partial charge is 0.495 e. The number of hydrogen-bond acceptors (Lipinski definition) is 4. The Hall–Kier alpha value is -1.71. The van der Waals surface area contributed by atoms with Crippen molar-refractivity contribution in [1.29, 1.82) is 0 Å². The Kier molecular flexibility index (Phi) is 2.99. The van der Waals surface area contributed by atoms with E-state index < -0.39 is 0 Å². The van der Waals surface area contributed by atoms with Crippen LogP contribution in [0.5, 0.6) is 5.75 Å². The monoisotopic (exact) mass is 221 g/mol. The molecule has 4 heteroatoms. The predicted molar refractivity (Wildman–Crippen MR) is 60.5 cm³/mol. The molecule has 1 saturated carbocycles. The summed E-state index contributed by atoms with van der Waals surface area (Å²) in [6, 6.07) is 4.92. The average molecular weight is 221 g/mol. The number of esters is 1. The van der Waals surface area contributed by atoms with Crippen LogP contribution in [0.2, 0.25) is 0 Å². The van der Waals surface area contributed by atoms with Crippen LogP contribution in [0.1, 0.15) is 29.6 Å². The topological polar surface area (TPSA) is 61.5 Å². The lowest BCUT2D eigenvalue weighted by molar-refractivity contribution is 0.00901. The van der Waals surface area contributed by atoms with Gasteiger partial charge >= 0.3 is 5.97 Å². The SMILES string of the molecule is COc1ccc(C(=O)OC2CCC2)cc1N. The van der Waals surface area contributed by atoms with Gasteiger partial charge in [0.15, 0.2) is 0 Å². The molecule has 1 aromatic carbocycles. The number of anilines is 1. The summed E-state index contributed by atoms with van der Waals surface area (Å²) in [5.74, 6) is 0.263. The third-order valence-corrected chi connectivity index (χ3v) is 2.79. The van der Waals surface area contributed by atoms with Gasteiger partial charge in [-0.05, 0) is 37.5 Å². The Bertz CT molecular complexity index is 399. The van der Waals surface area contributed by atoms with Crippen LogP contribution in [-0.4, -0.2) is 19.2 Å². The highest BCUT2D eigenvalue weighted by Crippen LogP contribution is 2.25. The predicted octanol–water partition coefficient (Wildman–Crippen LogP) is 1.99. The molecule has 4 nitrogen and oxygen atoms in total.